The molecule has 0 rings (SSSR count). The fraction of sp³-hybridized carbons (Fsp3) is 1.00. The lowest BCUT2D eigenvalue weighted by Crippen LogP contribution is -2.46. The first-order chi connectivity index (χ1) is 12.6. The molecule has 5 nitrogen and oxygen atoms in total. The van der Waals surface area contributed by atoms with E-state index < -0.39 is 8.80 Å². The Kier molecular flexibility index (Phi) is 17.1. The van der Waals surface area contributed by atoms with Crippen LogP contribution in [-0.2, 0) is 13.3 Å². The topological polar surface area (TPSA) is 34.2 Å². The van der Waals surface area contributed by atoms with Crippen molar-refractivity contribution < 1.29 is 13.3 Å². The first-order valence-corrected chi connectivity index (χ1v) is 12.9. The average molecular weight is 391 g/mol. The van der Waals surface area contributed by atoms with Gasteiger partial charge in [-0.15, -0.1) is 0 Å². The lowest BCUT2D eigenvalue weighted by atomic mass is 10.3. The number of nitrogens with zero attached hydrogens (tertiary/aromatic N) is 2. The van der Waals surface area contributed by atoms with E-state index in [0.29, 0.717) is 19.8 Å². The quantitative estimate of drug-likeness (QED) is 0.308. The number of hydrogen-bond acceptors (Lipinski definition) is 5. The van der Waals surface area contributed by atoms with Crippen LogP contribution in [-0.4, -0.2) is 77.7 Å². The van der Waals surface area contributed by atoms with Gasteiger partial charge >= 0.3 is 8.80 Å². The van der Waals surface area contributed by atoms with Gasteiger partial charge in [-0.25, -0.2) is 0 Å². The zero-order chi connectivity index (χ0) is 19.7. The van der Waals surface area contributed by atoms with E-state index in [1.54, 1.807) is 0 Å². The second kappa shape index (κ2) is 17.1. The van der Waals surface area contributed by atoms with E-state index in [1.807, 2.05) is 20.8 Å². The average Bonchev–Trinajstić information content (AvgIpc) is 2.60. The Morgan fingerprint density at radius 3 is 1.27 bits per heavy atom. The zero-order valence-corrected chi connectivity index (χ0v) is 19.5. The first-order valence-electron chi connectivity index (χ1n) is 11.0. The Labute approximate surface area is 164 Å². The van der Waals surface area contributed by atoms with E-state index in [4.69, 9.17) is 13.3 Å². The maximum atomic E-state index is 5.98. The van der Waals surface area contributed by atoms with Crippen LogP contribution in [0, 0.1) is 0 Å². The van der Waals surface area contributed by atoms with Gasteiger partial charge in [-0.2, -0.15) is 0 Å². The summed E-state index contributed by atoms with van der Waals surface area (Å²) < 4.78 is 17.9. The van der Waals surface area contributed by atoms with Gasteiger partial charge in [-0.05, 0) is 72.6 Å². The highest BCUT2D eigenvalue weighted by Crippen LogP contribution is 2.18. The van der Waals surface area contributed by atoms with E-state index in [2.05, 4.69) is 30.6 Å². The van der Waals surface area contributed by atoms with Crippen LogP contribution < -0.4 is 0 Å². The summed E-state index contributed by atoms with van der Waals surface area (Å²) in [7, 11) is -2.49. The molecule has 0 radical (unpaired) electrons. The van der Waals surface area contributed by atoms with Gasteiger partial charge in [0.25, 0.3) is 0 Å². The van der Waals surface area contributed by atoms with Crippen molar-refractivity contribution in [2.24, 2.45) is 0 Å². The molecule has 0 aromatic carbocycles. The minimum absolute atomic E-state index is 0.661. The summed E-state index contributed by atoms with van der Waals surface area (Å²) in [4.78, 5) is 5.20. The Morgan fingerprint density at radius 1 is 0.538 bits per heavy atom. The van der Waals surface area contributed by atoms with Crippen LogP contribution in [0.5, 0.6) is 0 Å². The molecule has 0 saturated carbocycles. The normalized spacial score (nSPS) is 12.5. The van der Waals surface area contributed by atoms with Crippen LogP contribution in [0.15, 0.2) is 0 Å². The summed E-state index contributed by atoms with van der Waals surface area (Å²) in [5.74, 6) is 0. The van der Waals surface area contributed by atoms with Crippen molar-refractivity contribution in [3.63, 3.8) is 0 Å². The first kappa shape index (κ1) is 26.0. The van der Waals surface area contributed by atoms with Crippen molar-refractivity contribution in [3.05, 3.63) is 0 Å². The monoisotopic (exact) mass is 390 g/mol. The predicted octanol–water partition coefficient (Wildman–Crippen LogP) is 4.26. The van der Waals surface area contributed by atoms with E-state index in [1.165, 1.54) is 45.4 Å². The minimum atomic E-state index is -2.49. The molecule has 0 saturated heterocycles. The van der Waals surface area contributed by atoms with Crippen molar-refractivity contribution in [3.8, 4) is 0 Å². The SMILES string of the molecule is CCCN(CCC)CCN(CCC)CCC[Si](OCC)(OCC)OCC. The molecule has 0 fully saturated rings. The highest BCUT2D eigenvalue weighted by molar-refractivity contribution is 6.60. The van der Waals surface area contributed by atoms with Crippen LogP contribution in [0.25, 0.3) is 0 Å². The molecule has 0 spiro atoms. The Hall–Kier alpha value is 0.0169. The summed E-state index contributed by atoms with van der Waals surface area (Å²) in [6.45, 7) is 21.9. The summed E-state index contributed by atoms with van der Waals surface area (Å²) in [6, 6.07) is 0.913. The molecular formula is C20H46N2O3Si. The smallest absolute Gasteiger partial charge is 0.374 e. The van der Waals surface area contributed by atoms with Gasteiger partial charge in [-0.3, -0.25) is 0 Å². The molecule has 158 valence electrons. The van der Waals surface area contributed by atoms with Crippen LogP contribution in [0.3, 0.4) is 0 Å². The standard InChI is InChI=1S/C20H46N2O3Si/c1-7-14-21(15-8-2)18-19-22(16-9-3)17-13-20-26(23-10-4,24-11-5)25-12-6/h7-20H2,1-6H3. The molecule has 0 aliphatic carbocycles. The lowest BCUT2D eigenvalue weighted by molar-refractivity contribution is 0.0697. The van der Waals surface area contributed by atoms with Crippen LogP contribution in [0.4, 0.5) is 0 Å². The summed E-state index contributed by atoms with van der Waals surface area (Å²) >= 11 is 0. The van der Waals surface area contributed by atoms with Crippen molar-refractivity contribution in [1.29, 1.82) is 0 Å². The third kappa shape index (κ3) is 11.7. The molecule has 0 aromatic rings. The molecule has 0 bridgehead atoms. The number of rotatable bonds is 19. The molecule has 0 amide bonds. The highest BCUT2D eigenvalue weighted by atomic mass is 28.4. The molecule has 0 unspecified atom stereocenters. The lowest BCUT2D eigenvalue weighted by Gasteiger charge is -2.30. The second-order valence-corrected chi connectivity index (χ2v) is 9.50. The predicted molar refractivity (Wildman–Crippen MR) is 114 cm³/mol. The third-order valence-corrected chi connectivity index (χ3v) is 7.55. The van der Waals surface area contributed by atoms with E-state index in [-0.39, 0.29) is 0 Å². The van der Waals surface area contributed by atoms with Crippen LogP contribution in [0.1, 0.15) is 67.2 Å². The van der Waals surface area contributed by atoms with Gasteiger partial charge in [0.15, 0.2) is 0 Å². The Morgan fingerprint density at radius 2 is 0.923 bits per heavy atom. The number of hydrogen-bond donors (Lipinski definition) is 0. The van der Waals surface area contributed by atoms with Gasteiger partial charge < -0.3 is 23.1 Å². The third-order valence-electron chi connectivity index (χ3n) is 4.40. The minimum Gasteiger partial charge on any atom is -0.374 e. The molecular weight excluding hydrogens is 344 g/mol. The van der Waals surface area contributed by atoms with Gasteiger partial charge in [0, 0.05) is 39.0 Å². The van der Waals surface area contributed by atoms with Gasteiger partial charge in [0.2, 0.25) is 0 Å². The molecule has 0 aromatic heterocycles. The fourth-order valence-corrected chi connectivity index (χ4v) is 6.02. The van der Waals surface area contributed by atoms with E-state index in [0.717, 1.165) is 25.6 Å². The summed E-state index contributed by atoms with van der Waals surface area (Å²) in [5.41, 5.74) is 0. The van der Waals surface area contributed by atoms with Crippen molar-refractivity contribution in [2.45, 2.75) is 73.3 Å². The fourth-order valence-electron chi connectivity index (χ4n) is 3.42. The van der Waals surface area contributed by atoms with Gasteiger partial charge in [0.1, 0.15) is 0 Å². The summed E-state index contributed by atoms with van der Waals surface area (Å²) in [6.07, 6.45) is 4.75. The van der Waals surface area contributed by atoms with E-state index >= 15 is 0 Å². The van der Waals surface area contributed by atoms with Crippen molar-refractivity contribution in [2.75, 3.05) is 59.1 Å². The molecule has 0 atom stereocenters. The zero-order valence-electron chi connectivity index (χ0n) is 18.5. The largest absolute Gasteiger partial charge is 0.500 e. The van der Waals surface area contributed by atoms with Crippen LogP contribution in [0.2, 0.25) is 6.04 Å². The maximum absolute atomic E-state index is 5.98. The molecule has 0 aliphatic heterocycles. The molecule has 0 aliphatic rings. The molecule has 26 heavy (non-hydrogen) atoms. The second-order valence-electron chi connectivity index (χ2n) is 6.77. The molecule has 0 N–H and O–H groups in total. The van der Waals surface area contributed by atoms with Gasteiger partial charge in [-0.1, -0.05) is 20.8 Å². The van der Waals surface area contributed by atoms with E-state index in [9.17, 15) is 0 Å². The Bertz CT molecular complexity index is 286. The van der Waals surface area contributed by atoms with Crippen LogP contribution >= 0.6 is 0 Å². The van der Waals surface area contributed by atoms with Gasteiger partial charge in [0.05, 0.1) is 0 Å². The van der Waals surface area contributed by atoms with Crippen molar-refractivity contribution >= 4 is 8.80 Å². The maximum Gasteiger partial charge on any atom is 0.500 e. The van der Waals surface area contributed by atoms with Crippen molar-refractivity contribution in [1.82, 2.24) is 9.80 Å². The molecule has 0 heterocycles. The molecule has 6 heteroatoms. The Balaban J connectivity index is 4.54. The summed E-state index contributed by atoms with van der Waals surface area (Å²) in [5, 5.41) is 0. The highest BCUT2D eigenvalue weighted by Gasteiger charge is 2.39.